The molecule has 0 bridgehead atoms. The van der Waals surface area contributed by atoms with Gasteiger partial charge in [0.05, 0.1) is 0 Å². The van der Waals surface area contributed by atoms with Gasteiger partial charge in [-0.05, 0) is 30.2 Å². The summed E-state index contributed by atoms with van der Waals surface area (Å²) in [6.07, 6.45) is 5.72. The second-order valence-electron chi connectivity index (χ2n) is 5.79. The SMILES string of the molecule is O=C(CCc1ccc2c(c1)OCO2)NCc1cccnc1-n1cncn1. The van der Waals surface area contributed by atoms with Crippen LogP contribution in [-0.2, 0) is 17.8 Å². The molecule has 132 valence electrons. The molecule has 0 saturated carbocycles. The van der Waals surface area contributed by atoms with Crippen molar-refractivity contribution in [1.29, 1.82) is 0 Å². The molecule has 0 unspecified atom stereocenters. The van der Waals surface area contributed by atoms with Crippen molar-refractivity contribution < 1.29 is 14.3 Å². The lowest BCUT2D eigenvalue weighted by molar-refractivity contribution is -0.121. The van der Waals surface area contributed by atoms with Gasteiger partial charge in [-0.25, -0.2) is 14.6 Å². The Bertz CT molecular complexity index is 911. The maximum atomic E-state index is 12.2. The highest BCUT2D eigenvalue weighted by atomic mass is 16.7. The lowest BCUT2D eigenvalue weighted by Crippen LogP contribution is -2.24. The van der Waals surface area contributed by atoms with Crippen LogP contribution in [-0.4, -0.2) is 32.4 Å². The number of hydrogen-bond acceptors (Lipinski definition) is 6. The molecule has 8 heteroatoms. The van der Waals surface area contributed by atoms with Gasteiger partial charge in [0, 0.05) is 24.7 Å². The summed E-state index contributed by atoms with van der Waals surface area (Å²) in [6, 6.07) is 9.47. The molecular formula is C18H17N5O3. The topological polar surface area (TPSA) is 91.2 Å². The van der Waals surface area contributed by atoms with E-state index in [1.54, 1.807) is 17.2 Å². The Morgan fingerprint density at radius 1 is 1.23 bits per heavy atom. The zero-order valence-electron chi connectivity index (χ0n) is 14.0. The highest BCUT2D eigenvalue weighted by Gasteiger charge is 2.14. The Labute approximate surface area is 149 Å². The number of carbonyl (C=O) groups is 1. The molecule has 1 aromatic carbocycles. The summed E-state index contributed by atoms with van der Waals surface area (Å²) in [5, 5.41) is 7.01. The van der Waals surface area contributed by atoms with Crippen LogP contribution in [0, 0.1) is 0 Å². The average Bonchev–Trinajstić information content (AvgIpc) is 3.36. The fourth-order valence-corrected chi connectivity index (χ4v) is 2.73. The molecule has 0 saturated heterocycles. The van der Waals surface area contributed by atoms with Crippen LogP contribution in [0.4, 0.5) is 0 Å². The molecule has 3 aromatic rings. The van der Waals surface area contributed by atoms with Crippen LogP contribution in [0.5, 0.6) is 11.5 Å². The van der Waals surface area contributed by atoms with Crippen LogP contribution in [0.3, 0.4) is 0 Å². The van der Waals surface area contributed by atoms with Gasteiger partial charge in [-0.3, -0.25) is 4.79 Å². The maximum Gasteiger partial charge on any atom is 0.231 e. The first-order valence-corrected chi connectivity index (χ1v) is 8.24. The van der Waals surface area contributed by atoms with Gasteiger partial charge in [0.15, 0.2) is 17.3 Å². The van der Waals surface area contributed by atoms with Crippen molar-refractivity contribution in [2.75, 3.05) is 6.79 Å². The Hall–Kier alpha value is -3.42. The largest absolute Gasteiger partial charge is 0.454 e. The van der Waals surface area contributed by atoms with Crippen molar-refractivity contribution >= 4 is 5.91 Å². The van der Waals surface area contributed by atoms with Gasteiger partial charge < -0.3 is 14.8 Å². The maximum absolute atomic E-state index is 12.2. The summed E-state index contributed by atoms with van der Waals surface area (Å²) in [6.45, 7) is 0.626. The summed E-state index contributed by atoms with van der Waals surface area (Å²) in [5.74, 6) is 2.10. The molecule has 0 atom stereocenters. The summed E-state index contributed by atoms with van der Waals surface area (Å²) in [5.41, 5.74) is 1.91. The van der Waals surface area contributed by atoms with Crippen molar-refractivity contribution in [3.8, 4) is 17.3 Å². The number of carbonyl (C=O) groups excluding carboxylic acids is 1. The molecular weight excluding hydrogens is 334 g/mol. The number of hydrogen-bond donors (Lipinski definition) is 1. The zero-order valence-corrected chi connectivity index (χ0v) is 14.0. The smallest absolute Gasteiger partial charge is 0.231 e. The quantitative estimate of drug-likeness (QED) is 0.726. The van der Waals surface area contributed by atoms with E-state index in [0.29, 0.717) is 25.2 Å². The number of aromatic nitrogens is 4. The molecule has 1 aliphatic rings. The highest BCUT2D eigenvalue weighted by molar-refractivity contribution is 5.76. The minimum atomic E-state index is -0.0314. The number of pyridine rings is 1. The number of aryl methyl sites for hydroxylation is 1. The third-order valence-corrected chi connectivity index (χ3v) is 4.06. The predicted octanol–water partition coefficient (Wildman–Crippen LogP) is 1.64. The molecule has 1 N–H and O–H groups in total. The lowest BCUT2D eigenvalue weighted by atomic mass is 10.1. The molecule has 0 aliphatic carbocycles. The molecule has 4 rings (SSSR count). The molecule has 8 nitrogen and oxygen atoms in total. The van der Waals surface area contributed by atoms with E-state index < -0.39 is 0 Å². The van der Waals surface area contributed by atoms with E-state index in [9.17, 15) is 4.79 Å². The number of nitrogens with one attached hydrogen (secondary N) is 1. The van der Waals surface area contributed by atoms with Crippen LogP contribution in [0.15, 0.2) is 49.2 Å². The van der Waals surface area contributed by atoms with Crippen LogP contribution < -0.4 is 14.8 Å². The summed E-state index contributed by atoms with van der Waals surface area (Å²) in [4.78, 5) is 20.4. The Morgan fingerprint density at radius 3 is 3.04 bits per heavy atom. The molecule has 2 aromatic heterocycles. The van der Waals surface area contributed by atoms with E-state index >= 15 is 0 Å². The number of fused-ring (bicyclic) bond motifs is 1. The number of nitrogens with zero attached hydrogens (tertiary/aromatic N) is 4. The number of benzene rings is 1. The first-order valence-electron chi connectivity index (χ1n) is 8.24. The Morgan fingerprint density at radius 2 is 2.15 bits per heavy atom. The molecule has 0 spiro atoms. The van der Waals surface area contributed by atoms with Crippen molar-refractivity contribution in [1.82, 2.24) is 25.1 Å². The molecule has 26 heavy (non-hydrogen) atoms. The number of amides is 1. The fourth-order valence-electron chi connectivity index (χ4n) is 2.73. The first kappa shape index (κ1) is 16.1. The van der Waals surface area contributed by atoms with Gasteiger partial charge in [-0.1, -0.05) is 12.1 Å². The molecule has 1 aliphatic heterocycles. The van der Waals surface area contributed by atoms with Crippen LogP contribution in [0.2, 0.25) is 0 Å². The third-order valence-electron chi connectivity index (χ3n) is 4.06. The van der Waals surface area contributed by atoms with Crippen LogP contribution >= 0.6 is 0 Å². The van der Waals surface area contributed by atoms with Crippen molar-refractivity contribution in [3.05, 3.63) is 60.3 Å². The van der Waals surface area contributed by atoms with Gasteiger partial charge in [-0.15, -0.1) is 0 Å². The normalized spacial score (nSPS) is 12.2. The van der Waals surface area contributed by atoms with Crippen molar-refractivity contribution in [2.24, 2.45) is 0 Å². The summed E-state index contributed by atoms with van der Waals surface area (Å²) >= 11 is 0. The van der Waals surface area contributed by atoms with Gasteiger partial charge >= 0.3 is 0 Å². The highest BCUT2D eigenvalue weighted by Crippen LogP contribution is 2.32. The van der Waals surface area contributed by atoms with Crippen molar-refractivity contribution in [3.63, 3.8) is 0 Å². The number of ether oxygens (including phenoxy) is 2. The van der Waals surface area contributed by atoms with E-state index in [-0.39, 0.29) is 12.7 Å². The lowest BCUT2D eigenvalue weighted by Gasteiger charge is -2.09. The van der Waals surface area contributed by atoms with Crippen LogP contribution in [0.1, 0.15) is 17.5 Å². The Balaban J connectivity index is 1.33. The molecule has 1 amide bonds. The minimum absolute atomic E-state index is 0.0314. The van der Waals surface area contributed by atoms with E-state index in [1.165, 1.54) is 6.33 Å². The first-order chi connectivity index (χ1) is 12.8. The van der Waals surface area contributed by atoms with E-state index in [0.717, 1.165) is 22.6 Å². The summed E-state index contributed by atoms with van der Waals surface area (Å²) < 4.78 is 12.2. The second-order valence-corrected chi connectivity index (χ2v) is 5.79. The fraction of sp³-hybridized carbons (Fsp3) is 0.222. The van der Waals surface area contributed by atoms with E-state index in [1.807, 2.05) is 30.3 Å². The average molecular weight is 351 g/mol. The second kappa shape index (κ2) is 7.22. The summed E-state index contributed by atoms with van der Waals surface area (Å²) in [7, 11) is 0. The standard InChI is InChI=1S/C18H17N5O3/c24-17(6-4-13-3-5-15-16(8-13)26-12-25-15)21-9-14-2-1-7-20-18(14)23-11-19-10-22-23/h1-3,5,7-8,10-11H,4,6,9,12H2,(H,21,24). The van der Waals surface area contributed by atoms with Gasteiger partial charge in [-0.2, -0.15) is 5.10 Å². The molecule has 0 radical (unpaired) electrons. The van der Waals surface area contributed by atoms with Crippen LogP contribution in [0.25, 0.3) is 5.82 Å². The van der Waals surface area contributed by atoms with Gasteiger partial charge in [0.1, 0.15) is 12.7 Å². The predicted molar refractivity (Wildman–Crippen MR) is 91.9 cm³/mol. The van der Waals surface area contributed by atoms with E-state index in [4.69, 9.17) is 9.47 Å². The third kappa shape index (κ3) is 3.49. The Kier molecular flexibility index (Phi) is 4.46. The van der Waals surface area contributed by atoms with Gasteiger partial charge in [0.25, 0.3) is 0 Å². The van der Waals surface area contributed by atoms with Gasteiger partial charge in [0.2, 0.25) is 12.7 Å². The zero-order chi connectivity index (χ0) is 17.8. The molecule has 3 heterocycles. The van der Waals surface area contributed by atoms with E-state index in [2.05, 4.69) is 20.4 Å². The van der Waals surface area contributed by atoms with Crippen molar-refractivity contribution in [2.45, 2.75) is 19.4 Å². The molecule has 0 fully saturated rings. The number of rotatable bonds is 6. The minimum Gasteiger partial charge on any atom is -0.454 e. The monoisotopic (exact) mass is 351 g/mol.